The fourth-order valence-corrected chi connectivity index (χ4v) is 3.01. The van der Waals surface area contributed by atoms with Crippen molar-refractivity contribution in [1.29, 1.82) is 0 Å². The van der Waals surface area contributed by atoms with Gasteiger partial charge in [-0.05, 0) is 57.4 Å². The van der Waals surface area contributed by atoms with E-state index in [0.29, 0.717) is 17.9 Å². The van der Waals surface area contributed by atoms with Crippen molar-refractivity contribution in [3.63, 3.8) is 0 Å². The summed E-state index contributed by atoms with van der Waals surface area (Å²) in [5.41, 5.74) is 2.04. The second-order valence-electron chi connectivity index (χ2n) is 7.37. The van der Waals surface area contributed by atoms with Crippen molar-refractivity contribution in [3.8, 4) is 0 Å². The number of anilines is 1. The molecule has 3 rings (SSSR count). The van der Waals surface area contributed by atoms with Gasteiger partial charge in [0.25, 0.3) is 0 Å². The molecule has 0 atom stereocenters. The fraction of sp³-hybridized carbons (Fsp3) is 0.500. The molecule has 0 radical (unpaired) electrons. The maximum absolute atomic E-state index is 12.3. The monoisotopic (exact) mass is 344 g/mol. The molecule has 7 heteroatoms. The van der Waals surface area contributed by atoms with Crippen molar-refractivity contribution in [1.82, 2.24) is 14.8 Å². The average Bonchev–Trinajstić information content (AvgIpc) is 2.83. The molecule has 0 aliphatic carbocycles. The summed E-state index contributed by atoms with van der Waals surface area (Å²) in [7, 11) is 1.62. The number of aromatic nitrogens is 3. The molecule has 0 amide bonds. The lowest BCUT2D eigenvalue weighted by molar-refractivity contribution is 0.00694. The van der Waals surface area contributed by atoms with Gasteiger partial charge in [0.15, 0.2) is 5.82 Å². The molecule has 7 nitrogen and oxygen atoms in total. The Morgan fingerprint density at radius 3 is 2.76 bits per heavy atom. The number of aromatic amines is 1. The Kier molecular flexibility index (Phi) is 4.41. The van der Waals surface area contributed by atoms with E-state index < -0.39 is 5.60 Å². The SMILES string of the molecule is Cn1nc(CN2CCCc3cc(C(=O)OC(C)(C)C)ccc32)[nH]c1=O. The number of aryl methyl sites for hydroxylation is 2. The van der Waals surface area contributed by atoms with Gasteiger partial charge in [-0.2, -0.15) is 5.10 Å². The van der Waals surface area contributed by atoms with Gasteiger partial charge in [0.05, 0.1) is 12.1 Å². The molecule has 2 aromatic rings. The summed E-state index contributed by atoms with van der Waals surface area (Å²) in [6.07, 6.45) is 1.91. The minimum atomic E-state index is -0.510. The molecule has 0 spiro atoms. The van der Waals surface area contributed by atoms with Crippen LogP contribution in [0.15, 0.2) is 23.0 Å². The normalized spacial score (nSPS) is 14.3. The highest BCUT2D eigenvalue weighted by Crippen LogP contribution is 2.29. The molecule has 25 heavy (non-hydrogen) atoms. The second kappa shape index (κ2) is 6.38. The Morgan fingerprint density at radius 1 is 1.36 bits per heavy atom. The van der Waals surface area contributed by atoms with Gasteiger partial charge < -0.3 is 9.64 Å². The van der Waals surface area contributed by atoms with Gasteiger partial charge in [-0.3, -0.25) is 4.98 Å². The second-order valence-corrected chi connectivity index (χ2v) is 7.37. The van der Waals surface area contributed by atoms with Crippen LogP contribution in [0.25, 0.3) is 0 Å². The van der Waals surface area contributed by atoms with E-state index in [2.05, 4.69) is 15.0 Å². The van der Waals surface area contributed by atoms with E-state index in [1.165, 1.54) is 4.68 Å². The number of ether oxygens (including phenoxy) is 1. The van der Waals surface area contributed by atoms with Gasteiger partial charge in [0.1, 0.15) is 5.60 Å². The lowest BCUT2D eigenvalue weighted by atomic mass is 9.99. The first kappa shape index (κ1) is 17.3. The molecule has 1 N–H and O–H groups in total. The van der Waals surface area contributed by atoms with E-state index in [9.17, 15) is 9.59 Å². The number of benzene rings is 1. The smallest absolute Gasteiger partial charge is 0.343 e. The first-order chi connectivity index (χ1) is 11.7. The molecule has 1 aromatic heterocycles. The number of H-pyrrole nitrogens is 1. The number of fused-ring (bicyclic) bond motifs is 1. The van der Waals surface area contributed by atoms with E-state index in [-0.39, 0.29) is 11.7 Å². The number of nitrogens with one attached hydrogen (secondary N) is 1. The molecular formula is C18H24N4O3. The largest absolute Gasteiger partial charge is 0.456 e. The van der Waals surface area contributed by atoms with E-state index in [4.69, 9.17) is 4.74 Å². The van der Waals surface area contributed by atoms with Gasteiger partial charge in [0, 0.05) is 19.3 Å². The standard InChI is InChI=1S/C18H24N4O3/c1-18(2,3)25-16(23)13-7-8-14-12(10-13)6-5-9-22(14)11-15-19-17(24)21(4)20-15/h7-8,10H,5-6,9,11H2,1-4H3,(H,19,20,24). The first-order valence-electron chi connectivity index (χ1n) is 8.46. The van der Waals surface area contributed by atoms with Crippen LogP contribution in [-0.4, -0.2) is 32.9 Å². The zero-order valence-electron chi connectivity index (χ0n) is 15.1. The third-order valence-electron chi connectivity index (χ3n) is 4.09. The first-order valence-corrected chi connectivity index (χ1v) is 8.46. The fourth-order valence-electron chi connectivity index (χ4n) is 3.01. The Labute approximate surface area is 146 Å². The van der Waals surface area contributed by atoms with Crippen LogP contribution in [0.1, 0.15) is 48.9 Å². The number of carbonyl (C=O) groups excluding carboxylic acids is 1. The Morgan fingerprint density at radius 2 is 2.12 bits per heavy atom. The maximum atomic E-state index is 12.3. The minimum absolute atomic E-state index is 0.215. The topological polar surface area (TPSA) is 80.2 Å². The highest BCUT2D eigenvalue weighted by molar-refractivity contribution is 5.90. The molecule has 2 heterocycles. The zero-order valence-corrected chi connectivity index (χ0v) is 15.1. The molecule has 134 valence electrons. The summed E-state index contributed by atoms with van der Waals surface area (Å²) in [5, 5.41) is 4.20. The van der Waals surface area contributed by atoms with Gasteiger partial charge in [-0.25, -0.2) is 14.3 Å². The van der Waals surface area contributed by atoms with E-state index in [1.54, 1.807) is 13.1 Å². The summed E-state index contributed by atoms with van der Waals surface area (Å²) in [6, 6.07) is 5.66. The van der Waals surface area contributed by atoms with Crippen LogP contribution in [0.3, 0.4) is 0 Å². The molecular weight excluding hydrogens is 320 g/mol. The van der Waals surface area contributed by atoms with Crippen LogP contribution in [0, 0.1) is 0 Å². The maximum Gasteiger partial charge on any atom is 0.343 e. The summed E-state index contributed by atoms with van der Waals surface area (Å²) in [6.45, 7) is 7.00. The highest BCUT2D eigenvalue weighted by atomic mass is 16.6. The number of rotatable bonds is 3. The average molecular weight is 344 g/mol. The Bertz CT molecular complexity index is 845. The van der Waals surface area contributed by atoms with Crippen LogP contribution in [0.5, 0.6) is 0 Å². The predicted octanol–water partition coefficient (Wildman–Crippen LogP) is 2.02. The Balaban J connectivity index is 1.82. The molecule has 0 saturated carbocycles. The van der Waals surface area contributed by atoms with Crippen molar-refractivity contribution in [2.24, 2.45) is 7.05 Å². The Hall–Kier alpha value is -2.57. The van der Waals surface area contributed by atoms with Crippen molar-refractivity contribution in [2.75, 3.05) is 11.4 Å². The summed E-state index contributed by atoms with van der Waals surface area (Å²) < 4.78 is 6.75. The van der Waals surface area contributed by atoms with Crippen LogP contribution >= 0.6 is 0 Å². The molecule has 0 fully saturated rings. The molecule has 1 aliphatic heterocycles. The highest BCUT2D eigenvalue weighted by Gasteiger charge is 2.22. The number of hydrogen-bond acceptors (Lipinski definition) is 5. The minimum Gasteiger partial charge on any atom is -0.456 e. The lowest BCUT2D eigenvalue weighted by Crippen LogP contribution is -2.30. The molecule has 1 aliphatic rings. The molecule has 0 saturated heterocycles. The van der Waals surface area contributed by atoms with Gasteiger partial charge in [-0.15, -0.1) is 0 Å². The third-order valence-corrected chi connectivity index (χ3v) is 4.09. The van der Waals surface area contributed by atoms with E-state index >= 15 is 0 Å². The van der Waals surface area contributed by atoms with Crippen LogP contribution in [0.4, 0.5) is 5.69 Å². The third kappa shape index (κ3) is 3.92. The van der Waals surface area contributed by atoms with Crippen LogP contribution in [0.2, 0.25) is 0 Å². The van der Waals surface area contributed by atoms with Crippen molar-refractivity contribution >= 4 is 11.7 Å². The van der Waals surface area contributed by atoms with Gasteiger partial charge >= 0.3 is 11.7 Å². The van der Waals surface area contributed by atoms with E-state index in [0.717, 1.165) is 30.6 Å². The summed E-state index contributed by atoms with van der Waals surface area (Å²) >= 11 is 0. The van der Waals surface area contributed by atoms with Crippen molar-refractivity contribution in [3.05, 3.63) is 45.6 Å². The molecule has 1 aromatic carbocycles. The van der Waals surface area contributed by atoms with Crippen LogP contribution in [-0.2, 0) is 24.8 Å². The predicted molar refractivity (Wildman–Crippen MR) is 94.8 cm³/mol. The van der Waals surface area contributed by atoms with Crippen molar-refractivity contribution < 1.29 is 9.53 Å². The number of carbonyl (C=O) groups is 1. The molecule has 0 bridgehead atoms. The van der Waals surface area contributed by atoms with Crippen LogP contribution < -0.4 is 10.6 Å². The number of nitrogens with zero attached hydrogens (tertiary/aromatic N) is 3. The zero-order chi connectivity index (χ0) is 18.2. The number of esters is 1. The van der Waals surface area contributed by atoms with E-state index in [1.807, 2.05) is 32.9 Å². The van der Waals surface area contributed by atoms with Crippen molar-refractivity contribution in [2.45, 2.75) is 45.8 Å². The van der Waals surface area contributed by atoms with Gasteiger partial charge in [0.2, 0.25) is 0 Å². The lowest BCUT2D eigenvalue weighted by Gasteiger charge is -2.31. The summed E-state index contributed by atoms with van der Waals surface area (Å²) in [4.78, 5) is 28.7. The van der Waals surface area contributed by atoms with Gasteiger partial charge in [-0.1, -0.05) is 0 Å². The number of hydrogen-bond donors (Lipinski definition) is 1. The quantitative estimate of drug-likeness (QED) is 0.862. The molecule has 0 unspecified atom stereocenters. The summed E-state index contributed by atoms with van der Waals surface area (Å²) in [5.74, 6) is 0.332.